The minimum atomic E-state index is 0. The van der Waals surface area contributed by atoms with Crippen molar-refractivity contribution in [1.29, 1.82) is 0 Å². The summed E-state index contributed by atoms with van der Waals surface area (Å²) in [6.07, 6.45) is 8.03. The van der Waals surface area contributed by atoms with Crippen LogP contribution in [0.5, 0.6) is 5.75 Å². The van der Waals surface area contributed by atoms with Gasteiger partial charge >= 0.3 is 0 Å². The normalized spacial score (nSPS) is 14.4. The molecule has 2 aromatic rings. The smallest absolute Gasteiger partial charge is 0.191 e. The number of hydrogen-bond acceptors (Lipinski definition) is 4. The highest BCUT2D eigenvalue weighted by Crippen LogP contribution is 2.18. The number of anilines is 1. The van der Waals surface area contributed by atoms with Crippen LogP contribution in [0.2, 0.25) is 0 Å². The molecular weight excluding hydrogens is 501 g/mol. The SMILES string of the molecule is CCNC(=NCc1ccc(N2CCCCCC2)nc1)NCCc1ccccc1OC.I. The highest BCUT2D eigenvalue weighted by molar-refractivity contribution is 14.0. The first-order valence-corrected chi connectivity index (χ1v) is 11.1. The van der Waals surface area contributed by atoms with Gasteiger partial charge in [0, 0.05) is 32.4 Å². The number of nitrogens with one attached hydrogen (secondary N) is 2. The lowest BCUT2D eigenvalue weighted by atomic mass is 10.1. The molecule has 1 fully saturated rings. The molecule has 1 aliphatic rings. The average Bonchev–Trinajstić information content (AvgIpc) is 3.08. The molecule has 0 spiro atoms. The fourth-order valence-corrected chi connectivity index (χ4v) is 3.73. The van der Waals surface area contributed by atoms with Gasteiger partial charge in [-0.15, -0.1) is 24.0 Å². The van der Waals surface area contributed by atoms with E-state index < -0.39 is 0 Å². The maximum absolute atomic E-state index is 5.43. The Hall–Kier alpha value is -2.03. The standard InChI is InChI=1S/C24H35N5O.HI/c1-3-25-24(26-15-14-21-10-6-7-11-22(21)30-2)28-19-20-12-13-23(27-18-20)29-16-8-4-5-9-17-29;/h6-7,10-13,18H,3-5,8-9,14-17,19H2,1-2H3,(H2,25,26,28);1H. The summed E-state index contributed by atoms with van der Waals surface area (Å²) >= 11 is 0. The second kappa shape index (κ2) is 14.1. The van der Waals surface area contributed by atoms with Crippen LogP contribution in [0.25, 0.3) is 0 Å². The summed E-state index contributed by atoms with van der Waals surface area (Å²) in [5, 5.41) is 6.73. The number of aliphatic imine (C=N–C) groups is 1. The van der Waals surface area contributed by atoms with Crippen LogP contribution in [0.1, 0.15) is 43.7 Å². The van der Waals surface area contributed by atoms with Crippen LogP contribution in [0, 0.1) is 0 Å². The summed E-state index contributed by atoms with van der Waals surface area (Å²) in [4.78, 5) is 11.8. The minimum Gasteiger partial charge on any atom is -0.496 e. The largest absolute Gasteiger partial charge is 0.496 e. The Kier molecular flexibility index (Phi) is 11.5. The lowest BCUT2D eigenvalue weighted by molar-refractivity contribution is 0.409. The van der Waals surface area contributed by atoms with Crippen molar-refractivity contribution in [2.75, 3.05) is 38.2 Å². The maximum atomic E-state index is 5.43. The number of methoxy groups -OCH3 is 1. The van der Waals surface area contributed by atoms with Gasteiger partial charge in [-0.1, -0.05) is 37.1 Å². The molecule has 6 nitrogen and oxygen atoms in total. The van der Waals surface area contributed by atoms with Crippen molar-refractivity contribution in [3.05, 3.63) is 53.7 Å². The molecular formula is C24H36IN5O. The van der Waals surface area contributed by atoms with Gasteiger partial charge < -0.3 is 20.3 Å². The van der Waals surface area contributed by atoms with Crippen LogP contribution in [-0.2, 0) is 13.0 Å². The number of halogens is 1. The molecule has 0 unspecified atom stereocenters. The van der Waals surface area contributed by atoms with Crippen LogP contribution >= 0.6 is 24.0 Å². The summed E-state index contributed by atoms with van der Waals surface area (Å²) < 4.78 is 5.43. The van der Waals surface area contributed by atoms with Gasteiger partial charge in [-0.25, -0.2) is 9.98 Å². The van der Waals surface area contributed by atoms with Gasteiger partial charge in [-0.3, -0.25) is 0 Å². The second-order valence-electron chi connectivity index (χ2n) is 7.61. The molecule has 0 amide bonds. The number of hydrogen-bond donors (Lipinski definition) is 2. The molecule has 0 radical (unpaired) electrons. The van der Waals surface area contributed by atoms with Crippen LogP contribution in [-0.4, -0.2) is 44.2 Å². The lowest BCUT2D eigenvalue weighted by Crippen LogP contribution is -2.38. The zero-order chi connectivity index (χ0) is 21.0. The van der Waals surface area contributed by atoms with Gasteiger partial charge in [0.1, 0.15) is 11.6 Å². The number of para-hydroxylation sites is 1. The van der Waals surface area contributed by atoms with E-state index in [0.717, 1.165) is 55.7 Å². The molecule has 0 bridgehead atoms. The van der Waals surface area contributed by atoms with E-state index in [1.54, 1.807) is 7.11 Å². The van der Waals surface area contributed by atoms with Crippen molar-refractivity contribution in [2.24, 2.45) is 4.99 Å². The third-order valence-corrected chi connectivity index (χ3v) is 5.38. The number of aromatic nitrogens is 1. The molecule has 31 heavy (non-hydrogen) atoms. The van der Waals surface area contributed by atoms with Crippen molar-refractivity contribution in [3.63, 3.8) is 0 Å². The molecule has 0 atom stereocenters. The second-order valence-corrected chi connectivity index (χ2v) is 7.61. The molecule has 2 N–H and O–H groups in total. The summed E-state index contributed by atoms with van der Waals surface area (Å²) in [6.45, 7) is 6.54. The minimum absolute atomic E-state index is 0. The molecule has 1 saturated heterocycles. The lowest BCUT2D eigenvalue weighted by Gasteiger charge is -2.21. The van der Waals surface area contributed by atoms with Gasteiger partial charge in [0.05, 0.1) is 13.7 Å². The Bertz CT molecular complexity index is 789. The van der Waals surface area contributed by atoms with E-state index in [0.29, 0.717) is 6.54 Å². The van der Waals surface area contributed by atoms with E-state index >= 15 is 0 Å². The average molecular weight is 537 g/mol. The molecule has 170 valence electrons. The zero-order valence-corrected chi connectivity index (χ0v) is 21.1. The number of pyridine rings is 1. The molecule has 2 heterocycles. The Morgan fingerprint density at radius 2 is 1.84 bits per heavy atom. The first-order valence-electron chi connectivity index (χ1n) is 11.1. The van der Waals surface area contributed by atoms with Crippen LogP contribution in [0.15, 0.2) is 47.6 Å². The third-order valence-electron chi connectivity index (χ3n) is 5.38. The van der Waals surface area contributed by atoms with E-state index in [4.69, 9.17) is 14.7 Å². The van der Waals surface area contributed by atoms with Gasteiger partial charge in [0.2, 0.25) is 0 Å². The van der Waals surface area contributed by atoms with E-state index in [2.05, 4.69) is 40.7 Å². The van der Waals surface area contributed by atoms with Gasteiger partial charge in [-0.2, -0.15) is 0 Å². The Labute approximate surface area is 203 Å². The highest BCUT2D eigenvalue weighted by Gasteiger charge is 2.10. The van der Waals surface area contributed by atoms with Crippen molar-refractivity contribution in [3.8, 4) is 5.75 Å². The first-order chi connectivity index (χ1) is 14.8. The summed E-state index contributed by atoms with van der Waals surface area (Å²) in [5.74, 6) is 2.84. The van der Waals surface area contributed by atoms with Crippen molar-refractivity contribution in [1.82, 2.24) is 15.6 Å². The quantitative estimate of drug-likeness (QED) is 0.297. The van der Waals surface area contributed by atoms with Gasteiger partial charge in [0.15, 0.2) is 5.96 Å². The van der Waals surface area contributed by atoms with E-state index in [1.807, 2.05) is 24.4 Å². The first kappa shape index (κ1) is 25.2. The maximum Gasteiger partial charge on any atom is 0.191 e. The molecule has 0 aliphatic carbocycles. The Morgan fingerprint density at radius 1 is 1.06 bits per heavy atom. The van der Waals surface area contributed by atoms with Crippen LogP contribution in [0.3, 0.4) is 0 Å². The fraction of sp³-hybridized carbons (Fsp3) is 0.500. The van der Waals surface area contributed by atoms with E-state index in [1.165, 1.54) is 31.2 Å². The number of guanidine groups is 1. The molecule has 0 saturated carbocycles. The fourth-order valence-electron chi connectivity index (χ4n) is 3.73. The van der Waals surface area contributed by atoms with Crippen molar-refractivity contribution < 1.29 is 4.74 Å². The number of rotatable bonds is 8. The number of ether oxygens (including phenoxy) is 1. The van der Waals surface area contributed by atoms with E-state index in [-0.39, 0.29) is 24.0 Å². The van der Waals surface area contributed by atoms with Crippen molar-refractivity contribution in [2.45, 2.75) is 45.6 Å². The molecule has 1 aromatic heterocycles. The van der Waals surface area contributed by atoms with Crippen LogP contribution < -0.4 is 20.3 Å². The summed E-state index contributed by atoms with van der Waals surface area (Å²) in [6, 6.07) is 12.4. The Morgan fingerprint density at radius 3 is 2.52 bits per heavy atom. The zero-order valence-electron chi connectivity index (χ0n) is 18.8. The predicted octanol–water partition coefficient (Wildman–Crippen LogP) is 4.39. The predicted molar refractivity (Wildman–Crippen MR) is 140 cm³/mol. The molecule has 1 aliphatic heterocycles. The number of benzene rings is 1. The van der Waals surface area contributed by atoms with Crippen LogP contribution in [0.4, 0.5) is 5.82 Å². The molecule has 1 aromatic carbocycles. The Balaban J connectivity index is 0.00000341. The van der Waals surface area contributed by atoms with E-state index in [9.17, 15) is 0 Å². The molecule has 7 heteroatoms. The monoisotopic (exact) mass is 537 g/mol. The highest BCUT2D eigenvalue weighted by atomic mass is 127. The topological polar surface area (TPSA) is 61.8 Å². The van der Waals surface area contributed by atoms with Gasteiger partial charge in [0.25, 0.3) is 0 Å². The number of nitrogens with zero attached hydrogens (tertiary/aromatic N) is 3. The summed E-state index contributed by atoms with van der Waals surface area (Å²) in [5.41, 5.74) is 2.31. The van der Waals surface area contributed by atoms with Gasteiger partial charge in [-0.05, 0) is 49.4 Å². The van der Waals surface area contributed by atoms with Crippen molar-refractivity contribution >= 4 is 35.8 Å². The third kappa shape index (κ3) is 8.20. The molecule has 3 rings (SSSR count). The summed E-state index contributed by atoms with van der Waals surface area (Å²) in [7, 11) is 1.71.